The second kappa shape index (κ2) is 6.13. The summed E-state index contributed by atoms with van der Waals surface area (Å²) in [5.41, 5.74) is 6.57. The molecule has 19 heavy (non-hydrogen) atoms. The minimum Gasteiger partial charge on any atom is -0.326 e. The van der Waals surface area contributed by atoms with Gasteiger partial charge < -0.3 is 5.73 Å². The van der Waals surface area contributed by atoms with Gasteiger partial charge in [-0.15, -0.1) is 0 Å². The van der Waals surface area contributed by atoms with E-state index in [1.807, 2.05) is 0 Å². The Morgan fingerprint density at radius 2 is 1.16 bits per heavy atom. The SMILES string of the molecule is CC(C)N(C(C)C)C(C)(C)CC(C)(C)CC(C)(C)N. The first kappa shape index (κ1) is 18.9. The highest BCUT2D eigenvalue weighted by atomic mass is 15.2. The summed E-state index contributed by atoms with van der Waals surface area (Å²) >= 11 is 0. The quantitative estimate of drug-likeness (QED) is 0.741. The van der Waals surface area contributed by atoms with Gasteiger partial charge in [-0.05, 0) is 73.6 Å². The van der Waals surface area contributed by atoms with E-state index in [2.05, 4.69) is 74.1 Å². The third-order valence-electron chi connectivity index (χ3n) is 3.66. The predicted octanol–water partition coefficient (Wildman–Crippen LogP) is 4.43. The second-order valence-electron chi connectivity index (χ2n) is 8.91. The summed E-state index contributed by atoms with van der Waals surface area (Å²) in [5, 5.41) is 0. The molecule has 0 saturated carbocycles. The summed E-state index contributed by atoms with van der Waals surface area (Å²) < 4.78 is 0. The zero-order valence-corrected chi connectivity index (χ0v) is 15.1. The van der Waals surface area contributed by atoms with E-state index in [9.17, 15) is 0 Å². The Labute approximate surface area is 122 Å². The summed E-state index contributed by atoms with van der Waals surface area (Å²) in [6.07, 6.45) is 2.21. The normalized spacial score (nSPS) is 14.8. The molecule has 0 aromatic rings. The monoisotopic (exact) mass is 270 g/mol. The van der Waals surface area contributed by atoms with Crippen molar-refractivity contribution >= 4 is 0 Å². The van der Waals surface area contributed by atoms with Gasteiger partial charge in [0.1, 0.15) is 0 Å². The van der Waals surface area contributed by atoms with Crippen LogP contribution < -0.4 is 5.73 Å². The first-order valence-corrected chi connectivity index (χ1v) is 7.75. The molecule has 0 bridgehead atoms. The van der Waals surface area contributed by atoms with E-state index in [4.69, 9.17) is 5.73 Å². The molecule has 0 spiro atoms. The molecule has 0 aliphatic rings. The molecule has 0 aliphatic heterocycles. The van der Waals surface area contributed by atoms with Crippen molar-refractivity contribution in [3.8, 4) is 0 Å². The van der Waals surface area contributed by atoms with Gasteiger partial charge in [-0.2, -0.15) is 0 Å². The molecular formula is C17H38N2. The number of nitrogens with zero attached hydrogens (tertiary/aromatic N) is 1. The lowest BCUT2D eigenvalue weighted by atomic mass is 9.72. The Kier molecular flexibility index (Phi) is 6.11. The maximum absolute atomic E-state index is 6.22. The van der Waals surface area contributed by atoms with E-state index in [1.165, 1.54) is 0 Å². The van der Waals surface area contributed by atoms with Crippen LogP contribution in [0.5, 0.6) is 0 Å². The van der Waals surface area contributed by atoms with Crippen LogP contribution >= 0.6 is 0 Å². The molecule has 0 aliphatic carbocycles. The van der Waals surface area contributed by atoms with Gasteiger partial charge in [0.2, 0.25) is 0 Å². The van der Waals surface area contributed by atoms with Crippen LogP contribution in [0.4, 0.5) is 0 Å². The van der Waals surface area contributed by atoms with Crippen molar-refractivity contribution in [1.82, 2.24) is 4.90 Å². The molecule has 0 unspecified atom stereocenters. The van der Waals surface area contributed by atoms with Gasteiger partial charge >= 0.3 is 0 Å². The first-order chi connectivity index (χ1) is 8.18. The van der Waals surface area contributed by atoms with Crippen molar-refractivity contribution in [3.05, 3.63) is 0 Å². The molecule has 2 nitrogen and oxygen atoms in total. The third kappa shape index (κ3) is 6.76. The van der Waals surface area contributed by atoms with Crippen LogP contribution in [0.1, 0.15) is 82.1 Å². The van der Waals surface area contributed by atoms with Crippen LogP contribution in [0.2, 0.25) is 0 Å². The molecule has 0 saturated heterocycles. The fourth-order valence-corrected chi connectivity index (χ4v) is 4.55. The summed E-state index contributed by atoms with van der Waals surface area (Å²) in [5.74, 6) is 0. The molecule has 0 heterocycles. The fourth-order valence-electron chi connectivity index (χ4n) is 4.55. The minimum absolute atomic E-state index is 0.0972. The van der Waals surface area contributed by atoms with Crippen molar-refractivity contribution in [2.24, 2.45) is 11.1 Å². The van der Waals surface area contributed by atoms with Gasteiger partial charge in [-0.25, -0.2) is 0 Å². The average molecular weight is 271 g/mol. The Hall–Kier alpha value is -0.0800. The molecule has 0 fully saturated rings. The summed E-state index contributed by atoms with van der Waals surface area (Å²) in [4.78, 5) is 2.62. The molecule has 0 rings (SSSR count). The Morgan fingerprint density at radius 1 is 0.789 bits per heavy atom. The molecule has 0 amide bonds. The largest absolute Gasteiger partial charge is 0.326 e. The third-order valence-corrected chi connectivity index (χ3v) is 3.66. The Balaban J connectivity index is 5.01. The predicted molar refractivity (Wildman–Crippen MR) is 87.5 cm³/mol. The smallest absolute Gasteiger partial charge is 0.0163 e. The van der Waals surface area contributed by atoms with Crippen LogP contribution in [0.15, 0.2) is 0 Å². The van der Waals surface area contributed by atoms with Crippen LogP contribution in [-0.4, -0.2) is 28.1 Å². The van der Waals surface area contributed by atoms with E-state index >= 15 is 0 Å². The highest BCUT2D eigenvalue weighted by Gasteiger charge is 2.37. The summed E-state index contributed by atoms with van der Waals surface area (Å²) in [6, 6.07) is 1.13. The Morgan fingerprint density at radius 3 is 1.42 bits per heavy atom. The fraction of sp³-hybridized carbons (Fsp3) is 1.00. The molecule has 2 N–H and O–H groups in total. The summed E-state index contributed by atoms with van der Waals surface area (Å²) in [7, 11) is 0. The maximum Gasteiger partial charge on any atom is 0.0163 e. The number of rotatable bonds is 7. The number of hydrogen-bond donors (Lipinski definition) is 1. The van der Waals surface area contributed by atoms with Crippen molar-refractivity contribution < 1.29 is 0 Å². The van der Waals surface area contributed by atoms with Crippen molar-refractivity contribution in [2.45, 2.75) is 105 Å². The molecule has 0 aromatic carbocycles. The van der Waals surface area contributed by atoms with Crippen molar-refractivity contribution in [2.75, 3.05) is 0 Å². The van der Waals surface area contributed by atoms with Crippen LogP contribution in [-0.2, 0) is 0 Å². The molecule has 0 radical (unpaired) electrons. The van der Waals surface area contributed by atoms with E-state index in [1.54, 1.807) is 0 Å². The van der Waals surface area contributed by atoms with Gasteiger partial charge in [-0.3, -0.25) is 4.90 Å². The van der Waals surface area contributed by atoms with Gasteiger partial charge in [0, 0.05) is 23.2 Å². The molecule has 116 valence electrons. The van der Waals surface area contributed by atoms with Crippen molar-refractivity contribution in [1.29, 1.82) is 0 Å². The second-order valence-corrected chi connectivity index (χ2v) is 8.91. The highest BCUT2D eigenvalue weighted by Crippen LogP contribution is 2.38. The van der Waals surface area contributed by atoms with E-state index in [0.29, 0.717) is 12.1 Å². The lowest BCUT2D eigenvalue weighted by molar-refractivity contribution is 0.0131. The molecule has 0 aromatic heterocycles. The average Bonchev–Trinajstić information content (AvgIpc) is 1.90. The molecule has 2 heteroatoms. The minimum atomic E-state index is -0.0972. The van der Waals surface area contributed by atoms with E-state index in [0.717, 1.165) is 12.8 Å². The van der Waals surface area contributed by atoms with Gasteiger partial charge in [-0.1, -0.05) is 13.8 Å². The van der Waals surface area contributed by atoms with Gasteiger partial charge in [0.25, 0.3) is 0 Å². The summed E-state index contributed by atoms with van der Waals surface area (Å²) in [6.45, 7) is 22.9. The lowest BCUT2D eigenvalue weighted by Crippen LogP contribution is -2.54. The lowest BCUT2D eigenvalue weighted by Gasteiger charge is -2.48. The van der Waals surface area contributed by atoms with Crippen LogP contribution in [0.25, 0.3) is 0 Å². The van der Waals surface area contributed by atoms with Crippen LogP contribution in [0.3, 0.4) is 0 Å². The molecule has 0 atom stereocenters. The number of nitrogens with two attached hydrogens (primary N) is 1. The van der Waals surface area contributed by atoms with Crippen LogP contribution in [0, 0.1) is 5.41 Å². The maximum atomic E-state index is 6.22. The topological polar surface area (TPSA) is 29.3 Å². The van der Waals surface area contributed by atoms with Gasteiger partial charge in [0.05, 0.1) is 0 Å². The zero-order valence-electron chi connectivity index (χ0n) is 15.1. The molecular weight excluding hydrogens is 232 g/mol. The zero-order chi connectivity index (χ0) is 15.6. The Bertz CT molecular complexity index is 261. The highest BCUT2D eigenvalue weighted by molar-refractivity contribution is 4.93. The number of hydrogen-bond acceptors (Lipinski definition) is 2. The van der Waals surface area contributed by atoms with E-state index in [-0.39, 0.29) is 16.5 Å². The van der Waals surface area contributed by atoms with E-state index < -0.39 is 0 Å². The van der Waals surface area contributed by atoms with Gasteiger partial charge in [0.15, 0.2) is 0 Å². The standard InChI is InChI=1S/C17H38N2/c1-13(2)19(14(3)4)17(9,10)12-15(5,6)11-16(7,8)18/h13-14H,11-12,18H2,1-10H3. The van der Waals surface area contributed by atoms with Crippen molar-refractivity contribution in [3.63, 3.8) is 0 Å². The first-order valence-electron chi connectivity index (χ1n) is 7.75.